The zero-order valence-corrected chi connectivity index (χ0v) is 12.7. The van der Waals surface area contributed by atoms with Crippen molar-refractivity contribution < 1.29 is 9.84 Å². The molecule has 2 aromatic rings. The van der Waals surface area contributed by atoms with Gasteiger partial charge in [-0.25, -0.2) is 4.98 Å². The van der Waals surface area contributed by atoms with Gasteiger partial charge < -0.3 is 9.84 Å². The Morgan fingerprint density at radius 2 is 2.05 bits per heavy atom. The van der Waals surface area contributed by atoms with Crippen LogP contribution >= 0.6 is 0 Å². The maximum absolute atomic E-state index is 10.3. The van der Waals surface area contributed by atoms with Gasteiger partial charge in [0.05, 0.1) is 18.9 Å². The molecule has 116 valence electrons. The molecule has 1 aliphatic rings. The Morgan fingerprint density at radius 3 is 2.82 bits per heavy atom. The van der Waals surface area contributed by atoms with E-state index in [4.69, 9.17) is 4.74 Å². The highest BCUT2D eigenvalue weighted by molar-refractivity contribution is 5.16. The Labute approximate surface area is 130 Å². The molecule has 5 nitrogen and oxygen atoms in total. The highest BCUT2D eigenvalue weighted by Crippen LogP contribution is 2.23. The second kappa shape index (κ2) is 6.85. The first kappa shape index (κ1) is 14.9. The van der Waals surface area contributed by atoms with Crippen LogP contribution in [0.2, 0.25) is 0 Å². The number of aliphatic hydroxyl groups excluding tert-OH is 1. The van der Waals surface area contributed by atoms with Crippen molar-refractivity contribution in [2.75, 3.05) is 20.2 Å². The zero-order valence-electron chi connectivity index (χ0n) is 12.7. The molecular formula is C17H21N3O2. The fourth-order valence-corrected chi connectivity index (χ4v) is 2.98. The van der Waals surface area contributed by atoms with Crippen molar-refractivity contribution in [2.45, 2.75) is 19.1 Å². The number of pyridine rings is 2. The van der Waals surface area contributed by atoms with Crippen molar-refractivity contribution in [1.82, 2.24) is 14.9 Å². The molecule has 0 unspecified atom stereocenters. The molecule has 2 aromatic heterocycles. The molecule has 3 rings (SSSR count). The summed E-state index contributed by atoms with van der Waals surface area (Å²) in [7, 11) is 1.62. The number of β-amino-alcohol motifs (C(OH)–C–C–N with tert-alkyl or cyclic N) is 1. The van der Waals surface area contributed by atoms with Crippen molar-refractivity contribution in [1.29, 1.82) is 0 Å². The fraction of sp³-hybridized carbons (Fsp3) is 0.412. The van der Waals surface area contributed by atoms with Gasteiger partial charge in [0.15, 0.2) is 0 Å². The predicted molar refractivity (Wildman–Crippen MR) is 83.5 cm³/mol. The smallest absolute Gasteiger partial charge is 0.213 e. The molecule has 0 radical (unpaired) electrons. The lowest BCUT2D eigenvalue weighted by Crippen LogP contribution is -2.22. The topological polar surface area (TPSA) is 58.5 Å². The average molecular weight is 299 g/mol. The molecule has 0 amide bonds. The molecule has 2 atom stereocenters. The van der Waals surface area contributed by atoms with Gasteiger partial charge in [0.2, 0.25) is 5.88 Å². The SMILES string of the molecule is COc1cccc(CN2C[C@@H](Cc3ccncc3)[C@@H](O)C2)n1. The standard InChI is InChI=1S/C17H21N3O2/c1-22-17-4-2-3-15(19-17)11-20-10-14(16(21)12-20)9-13-5-7-18-8-6-13/h2-8,14,16,21H,9-12H2,1H3/t14-,16+/m1/s1. The minimum Gasteiger partial charge on any atom is -0.481 e. The molecule has 0 saturated carbocycles. The molecular weight excluding hydrogens is 278 g/mol. The van der Waals surface area contributed by atoms with Crippen LogP contribution in [0.1, 0.15) is 11.3 Å². The molecule has 1 saturated heterocycles. The highest BCUT2D eigenvalue weighted by atomic mass is 16.5. The molecule has 1 N–H and O–H groups in total. The van der Waals surface area contributed by atoms with E-state index in [1.54, 1.807) is 19.5 Å². The first-order chi connectivity index (χ1) is 10.7. The molecule has 3 heterocycles. The summed E-state index contributed by atoms with van der Waals surface area (Å²) in [6, 6.07) is 9.81. The Bertz CT molecular complexity index is 606. The highest BCUT2D eigenvalue weighted by Gasteiger charge is 2.31. The van der Waals surface area contributed by atoms with E-state index in [9.17, 15) is 5.11 Å². The van der Waals surface area contributed by atoms with Gasteiger partial charge in [-0.1, -0.05) is 6.07 Å². The lowest BCUT2D eigenvalue weighted by molar-refractivity contribution is 0.141. The summed E-state index contributed by atoms with van der Waals surface area (Å²) in [4.78, 5) is 10.7. The second-order valence-electron chi connectivity index (χ2n) is 5.75. The Morgan fingerprint density at radius 1 is 1.23 bits per heavy atom. The molecule has 0 bridgehead atoms. The van der Waals surface area contributed by atoms with Gasteiger partial charge in [0, 0.05) is 44.0 Å². The number of rotatable bonds is 5. The number of likely N-dealkylation sites (tertiary alicyclic amines) is 1. The number of hydrogen-bond acceptors (Lipinski definition) is 5. The minimum atomic E-state index is -0.293. The van der Waals surface area contributed by atoms with Crippen LogP contribution in [0.25, 0.3) is 0 Å². The number of ether oxygens (including phenoxy) is 1. The van der Waals surface area contributed by atoms with Gasteiger partial charge in [-0.15, -0.1) is 0 Å². The van der Waals surface area contributed by atoms with Gasteiger partial charge in [-0.3, -0.25) is 9.88 Å². The second-order valence-corrected chi connectivity index (χ2v) is 5.75. The monoisotopic (exact) mass is 299 g/mol. The van der Waals surface area contributed by atoms with E-state index < -0.39 is 0 Å². The van der Waals surface area contributed by atoms with Crippen molar-refractivity contribution in [3.63, 3.8) is 0 Å². The van der Waals surface area contributed by atoms with Crippen molar-refractivity contribution in [3.8, 4) is 5.88 Å². The fourth-order valence-electron chi connectivity index (χ4n) is 2.98. The van der Waals surface area contributed by atoms with Crippen LogP contribution in [-0.4, -0.2) is 46.3 Å². The third-order valence-corrected chi connectivity index (χ3v) is 4.11. The molecule has 0 aliphatic carbocycles. The quantitative estimate of drug-likeness (QED) is 0.907. The summed E-state index contributed by atoms with van der Waals surface area (Å²) < 4.78 is 5.16. The third kappa shape index (κ3) is 3.61. The van der Waals surface area contributed by atoms with Crippen LogP contribution in [-0.2, 0) is 13.0 Å². The van der Waals surface area contributed by atoms with Crippen LogP contribution in [0.4, 0.5) is 0 Å². The first-order valence-corrected chi connectivity index (χ1v) is 7.54. The average Bonchev–Trinajstić information content (AvgIpc) is 2.88. The largest absolute Gasteiger partial charge is 0.481 e. The van der Waals surface area contributed by atoms with Gasteiger partial charge in [0.25, 0.3) is 0 Å². The molecule has 1 aliphatic heterocycles. The normalized spacial score (nSPS) is 21.9. The summed E-state index contributed by atoms with van der Waals surface area (Å²) in [5.74, 6) is 0.888. The van der Waals surface area contributed by atoms with Crippen LogP contribution in [0.3, 0.4) is 0 Å². The summed E-state index contributed by atoms with van der Waals surface area (Å²) in [6.45, 7) is 2.30. The number of hydrogen-bond donors (Lipinski definition) is 1. The maximum Gasteiger partial charge on any atom is 0.213 e. The number of aliphatic hydroxyl groups is 1. The van der Waals surface area contributed by atoms with Crippen LogP contribution in [0.5, 0.6) is 5.88 Å². The zero-order chi connectivity index (χ0) is 15.4. The molecule has 1 fully saturated rings. The van der Waals surface area contributed by atoms with Gasteiger partial charge >= 0.3 is 0 Å². The van der Waals surface area contributed by atoms with E-state index in [2.05, 4.69) is 14.9 Å². The van der Waals surface area contributed by atoms with E-state index in [1.165, 1.54) is 5.56 Å². The molecule has 0 aromatic carbocycles. The van der Waals surface area contributed by atoms with Crippen molar-refractivity contribution in [2.24, 2.45) is 5.92 Å². The van der Waals surface area contributed by atoms with E-state index in [0.29, 0.717) is 12.4 Å². The molecule has 0 spiro atoms. The van der Waals surface area contributed by atoms with Crippen molar-refractivity contribution in [3.05, 3.63) is 54.0 Å². The summed E-state index contributed by atoms with van der Waals surface area (Å²) in [6.07, 6.45) is 4.19. The maximum atomic E-state index is 10.3. The number of nitrogens with zero attached hydrogens (tertiary/aromatic N) is 3. The minimum absolute atomic E-state index is 0.257. The summed E-state index contributed by atoms with van der Waals surface area (Å²) in [5.41, 5.74) is 2.19. The van der Waals surface area contributed by atoms with E-state index in [-0.39, 0.29) is 12.0 Å². The first-order valence-electron chi connectivity index (χ1n) is 7.54. The van der Waals surface area contributed by atoms with E-state index >= 15 is 0 Å². The Balaban J connectivity index is 1.60. The third-order valence-electron chi connectivity index (χ3n) is 4.11. The Hall–Kier alpha value is -1.98. The molecule has 5 heteroatoms. The predicted octanol–water partition coefficient (Wildman–Crippen LogP) is 1.52. The Kier molecular flexibility index (Phi) is 4.65. The molecule has 22 heavy (non-hydrogen) atoms. The van der Waals surface area contributed by atoms with E-state index in [0.717, 1.165) is 25.2 Å². The number of methoxy groups -OCH3 is 1. The lowest BCUT2D eigenvalue weighted by atomic mass is 9.97. The van der Waals surface area contributed by atoms with Crippen LogP contribution in [0, 0.1) is 5.92 Å². The summed E-state index contributed by atoms with van der Waals surface area (Å²) in [5, 5.41) is 10.3. The lowest BCUT2D eigenvalue weighted by Gasteiger charge is -2.15. The number of aromatic nitrogens is 2. The van der Waals surface area contributed by atoms with E-state index in [1.807, 2.05) is 30.3 Å². The van der Waals surface area contributed by atoms with Crippen molar-refractivity contribution >= 4 is 0 Å². The summed E-state index contributed by atoms with van der Waals surface area (Å²) >= 11 is 0. The van der Waals surface area contributed by atoms with Gasteiger partial charge in [-0.05, 0) is 30.2 Å². The van der Waals surface area contributed by atoms with Crippen LogP contribution < -0.4 is 4.74 Å². The van der Waals surface area contributed by atoms with Gasteiger partial charge in [0.1, 0.15) is 0 Å². The van der Waals surface area contributed by atoms with Gasteiger partial charge in [-0.2, -0.15) is 0 Å². The van der Waals surface area contributed by atoms with Crippen LogP contribution in [0.15, 0.2) is 42.7 Å².